The van der Waals surface area contributed by atoms with E-state index in [1.807, 2.05) is 6.92 Å². The Bertz CT molecular complexity index is 1610. The molecular formula is C32H38Cl2N4O6S. The molecule has 2 rings (SSSR count). The molecule has 0 aliphatic carbocycles. The lowest BCUT2D eigenvalue weighted by atomic mass is 9.97. The van der Waals surface area contributed by atoms with E-state index in [9.17, 15) is 27.9 Å². The lowest BCUT2D eigenvalue weighted by Crippen LogP contribution is -2.42. The first-order chi connectivity index (χ1) is 21.1. The van der Waals surface area contributed by atoms with Gasteiger partial charge in [0.2, 0.25) is 5.91 Å². The number of sulfone groups is 1. The van der Waals surface area contributed by atoms with Gasteiger partial charge >= 0.3 is 5.97 Å². The van der Waals surface area contributed by atoms with Crippen molar-refractivity contribution in [2.45, 2.75) is 43.5 Å². The molecule has 0 saturated carbocycles. The molecule has 0 bridgehead atoms. The molecule has 1 aliphatic rings. The summed E-state index contributed by atoms with van der Waals surface area (Å²) in [7, 11) is -3.50. The molecule has 45 heavy (non-hydrogen) atoms. The van der Waals surface area contributed by atoms with E-state index in [1.54, 1.807) is 23.1 Å². The molecule has 242 valence electrons. The number of carboxylic acids is 1. The van der Waals surface area contributed by atoms with E-state index in [2.05, 4.69) is 30.5 Å². The molecule has 0 radical (unpaired) electrons. The number of amides is 2. The molecule has 0 spiro atoms. The number of halogens is 2. The fourth-order valence-corrected chi connectivity index (χ4v) is 5.64. The number of benzene rings is 1. The Morgan fingerprint density at radius 1 is 1.22 bits per heavy atom. The SMILES string of the molecule is C=CC(=C)/C(=C\C(=C/CC)C(=O)N1CCC(C(=C)Cl)=C(/C=C(/Cl)CC(=O)N[C@@H](Cc2cccc(S(C)(=O)=O)c2)C(=O)O)C1)NN. The average Bonchev–Trinajstić information content (AvgIpc) is 2.97. The molecule has 0 unspecified atom stereocenters. The second-order valence-electron chi connectivity index (χ2n) is 10.2. The Morgan fingerprint density at radius 2 is 1.91 bits per heavy atom. The molecule has 5 N–H and O–H groups in total. The van der Waals surface area contributed by atoms with Crippen LogP contribution in [0.5, 0.6) is 0 Å². The van der Waals surface area contributed by atoms with Crippen LogP contribution in [-0.4, -0.2) is 61.6 Å². The lowest BCUT2D eigenvalue weighted by Gasteiger charge is -2.30. The second-order valence-corrected chi connectivity index (χ2v) is 13.2. The number of carbonyl (C=O) groups excluding carboxylic acids is 2. The number of carbonyl (C=O) groups is 3. The van der Waals surface area contributed by atoms with Gasteiger partial charge in [0.1, 0.15) is 6.04 Å². The summed E-state index contributed by atoms with van der Waals surface area (Å²) in [5, 5.41) is 12.5. The molecular weight excluding hydrogens is 639 g/mol. The normalized spacial score (nSPS) is 15.3. The summed E-state index contributed by atoms with van der Waals surface area (Å²) in [6.07, 6.45) is 7.91. The molecule has 1 aliphatic heterocycles. The summed E-state index contributed by atoms with van der Waals surface area (Å²) in [5.41, 5.74) is 5.52. The maximum Gasteiger partial charge on any atom is 0.326 e. The highest BCUT2D eigenvalue weighted by atomic mass is 35.5. The monoisotopic (exact) mass is 676 g/mol. The molecule has 1 heterocycles. The van der Waals surface area contributed by atoms with E-state index < -0.39 is 27.8 Å². The number of nitrogens with zero attached hydrogens (tertiary/aromatic N) is 1. The summed E-state index contributed by atoms with van der Waals surface area (Å²) in [6.45, 7) is 13.7. The van der Waals surface area contributed by atoms with Gasteiger partial charge in [-0.2, -0.15) is 0 Å². The summed E-state index contributed by atoms with van der Waals surface area (Å²) >= 11 is 12.7. The average molecular weight is 678 g/mol. The van der Waals surface area contributed by atoms with Crippen LogP contribution in [-0.2, 0) is 30.6 Å². The highest BCUT2D eigenvalue weighted by Gasteiger charge is 2.26. The van der Waals surface area contributed by atoms with Crippen LogP contribution >= 0.6 is 23.2 Å². The molecule has 1 aromatic carbocycles. The van der Waals surface area contributed by atoms with E-state index in [4.69, 9.17) is 29.0 Å². The lowest BCUT2D eigenvalue weighted by molar-refractivity contribution is -0.141. The Morgan fingerprint density at radius 3 is 2.47 bits per heavy atom. The minimum Gasteiger partial charge on any atom is -0.480 e. The number of hydrogen-bond donors (Lipinski definition) is 4. The van der Waals surface area contributed by atoms with Crippen molar-refractivity contribution in [1.82, 2.24) is 15.6 Å². The van der Waals surface area contributed by atoms with Crippen molar-refractivity contribution in [3.63, 3.8) is 0 Å². The fraction of sp³-hybridized carbons (Fsp3) is 0.281. The van der Waals surface area contributed by atoms with Gasteiger partial charge in [-0.05, 0) is 59.4 Å². The first kappa shape index (κ1) is 37.3. The predicted molar refractivity (Wildman–Crippen MR) is 178 cm³/mol. The van der Waals surface area contributed by atoms with Crippen LogP contribution in [0.2, 0.25) is 0 Å². The van der Waals surface area contributed by atoms with Crippen molar-refractivity contribution < 1.29 is 27.9 Å². The number of carboxylic acid groups (broad SMARTS) is 1. The predicted octanol–water partition coefficient (Wildman–Crippen LogP) is 4.42. The van der Waals surface area contributed by atoms with Crippen molar-refractivity contribution in [1.29, 1.82) is 0 Å². The van der Waals surface area contributed by atoms with E-state index in [0.29, 0.717) is 52.9 Å². The van der Waals surface area contributed by atoms with Crippen molar-refractivity contribution in [3.8, 4) is 0 Å². The first-order valence-corrected chi connectivity index (χ1v) is 16.5. The fourth-order valence-electron chi connectivity index (χ4n) is 4.48. The summed E-state index contributed by atoms with van der Waals surface area (Å²) in [6, 6.07) is 4.52. The highest BCUT2D eigenvalue weighted by Crippen LogP contribution is 2.29. The second kappa shape index (κ2) is 17.0. The largest absolute Gasteiger partial charge is 0.480 e. The molecule has 1 atom stereocenters. The zero-order chi connectivity index (χ0) is 33.9. The van der Waals surface area contributed by atoms with E-state index in [1.165, 1.54) is 30.4 Å². The minimum atomic E-state index is -3.50. The van der Waals surface area contributed by atoms with Gasteiger partial charge in [0.25, 0.3) is 5.91 Å². The van der Waals surface area contributed by atoms with Gasteiger partial charge in [-0.3, -0.25) is 15.4 Å². The van der Waals surface area contributed by atoms with Crippen molar-refractivity contribution in [2.75, 3.05) is 19.3 Å². The van der Waals surface area contributed by atoms with Crippen LogP contribution in [0.4, 0.5) is 0 Å². The molecule has 1 aromatic rings. The third-order valence-electron chi connectivity index (χ3n) is 6.77. The maximum absolute atomic E-state index is 13.6. The number of nitrogens with two attached hydrogens (primary N) is 1. The third kappa shape index (κ3) is 11.2. The highest BCUT2D eigenvalue weighted by molar-refractivity contribution is 7.90. The van der Waals surface area contributed by atoms with Gasteiger partial charge in [-0.1, -0.05) is 74.1 Å². The van der Waals surface area contributed by atoms with Crippen LogP contribution in [0.3, 0.4) is 0 Å². The third-order valence-corrected chi connectivity index (χ3v) is 8.36. The van der Waals surface area contributed by atoms with Crippen molar-refractivity contribution >= 4 is 50.8 Å². The van der Waals surface area contributed by atoms with Gasteiger partial charge in [0, 0.05) is 41.4 Å². The number of rotatable bonds is 15. The van der Waals surface area contributed by atoms with Crippen LogP contribution in [0.1, 0.15) is 31.7 Å². The van der Waals surface area contributed by atoms with Crippen LogP contribution < -0.4 is 16.6 Å². The number of hydrazine groups is 1. The molecule has 0 fully saturated rings. The van der Waals surface area contributed by atoms with Gasteiger partial charge in [0.05, 0.1) is 17.0 Å². The topological polar surface area (TPSA) is 159 Å². The van der Waals surface area contributed by atoms with E-state index in [-0.39, 0.29) is 40.3 Å². The zero-order valence-electron chi connectivity index (χ0n) is 25.2. The van der Waals surface area contributed by atoms with Crippen molar-refractivity contribution in [3.05, 3.63) is 112 Å². The zero-order valence-corrected chi connectivity index (χ0v) is 27.6. The van der Waals surface area contributed by atoms with Gasteiger partial charge < -0.3 is 20.7 Å². The van der Waals surface area contributed by atoms with Crippen LogP contribution in [0, 0.1) is 0 Å². The number of nitrogens with one attached hydrogen (secondary N) is 2. The van der Waals surface area contributed by atoms with Gasteiger partial charge in [-0.15, -0.1) is 0 Å². The molecule has 10 nitrogen and oxygen atoms in total. The molecule has 2 amide bonds. The number of aliphatic carboxylic acids is 1. The molecule has 13 heteroatoms. The standard InChI is InChI=1S/C32H38Cl2N4O6S/c1-6-9-23(17-28(37-35)20(3)7-2)31(40)38-13-12-27(21(4)33)24(19-38)16-25(34)18-30(39)36-29(32(41)42)15-22-10-8-11-26(14-22)45(5,43)44/h7-11,14,16-17,29,37H,2-4,6,12-13,15,18-19,35H2,1,5H3,(H,36,39)(H,41,42)/b23-9+,25-16+,28-17+/t29-/m0/s1. The first-order valence-electron chi connectivity index (χ1n) is 13.8. The van der Waals surface area contributed by atoms with Gasteiger partial charge in [0.15, 0.2) is 9.84 Å². The quantitative estimate of drug-likeness (QED) is 0.0920. The number of allylic oxidation sites excluding steroid dienone is 3. The molecule has 0 saturated heterocycles. The van der Waals surface area contributed by atoms with Crippen molar-refractivity contribution in [2.24, 2.45) is 5.84 Å². The number of hydrogen-bond acceptors (Lipinski definition) is 7. The summed E-state index contributed by atoms with van der Waals surface area (Å²) in [5.74, 6) is 3.39. The smallest absolute Gasteiger partial charge is 0.326 e. The van der Waals surface area contributed by atoms with Crippen LogP contribution in [0.25, 0.3) is 0 Å². The Labute approximate surface area is 274 Å². The van der Waals surface area contributed by atoms with Gasteiger partial charge in [-0.25, -0.2) is 13.2 Å². The van der Waals surface area contributed by atoms with Crippen LogP contribution in [0.15, 0.2) is 111 Å². The van der Waals surface area contributed by atoms with E-state index in [0.717, 1.165) is 6.26 Å². The molecule has 0 aromatic heterocycles. The van der Waals surface area contributed by atoms with E-state index >= 15 is 0 Å². The summed E-state index contributed by atoms with van der Waals surface area (Å²) < 4.78 is 23.8. The Balaban J connectivity index is 2.25. The Hall–Kier alpha value is -3.90. The summed E-state index contributed by atoms with van der Waals surface area (Å²) in [4.78, 5) is 39.9. The maximum atomic E-state index is 13.6. The Kier molecular flexibility index (Phi) is 14.1. The minimum absolute atomic E-state index is 0.0402.